The van der Waals surface area contributed by atoms with E-state index in [1.54, 1.807) is 0 Å². The molecule has 1 aliphatic rings. The molecule has 0 spiro atoms. The quantitative estimate of drug-likeness (QED) is 0.640. The van der Waals surface area contributed by atoms with Gasteiger partial charge >= 0.3 is 0 Å². The topological polar surface area (TPSA) is 60.2 Å². The van der Waals surface area contributed by atoms with Crippen LogP contribution in [0.15, 0.2) is 54.6 Å². The second kappa shape index (κ2) is 6.10. The Hall–Kier alpha value is -2.49. The zero-order chi connectivity index (χ0) is 15.5. The molecule has 0 amide bonds. The van der Waals surface area contributed by atoms with Crippen molar-refractivity contribution in [1.82, 2.24) is 0 Å². The van der Waals surface area contributed by atoms with Gasteiger partial charge in [0.05, 0.1) is 5.92 Å². The highest BCUT2D eigenvalue weighted by Crippen LogP contribution is 2.35. The number of aryl methyl sites for hydroxylation is 1. The summed E-state index contributed by atoms with van der Waals surface area (Å²) in [6.45, 7) is -0.206. The predicted molar refractivity (Wildman–Crippen MR) is 83.6 cm³/mol. The first kappa shape index (κ1) is 14.4. The van der Waals surface area contributed by atoms with E-state index in [0.29, 0.717) is 6.42 Å². The third kappa shape index (κ3) is 2.77. The largest absolute Gasteiger partial charge is 0.294 e. The molecule has 2 unspecified atom stereocenters. The standard InChI is InChI=1S/C18H17NO3/c20-18-15-9-5-4-8-14(15)10-11-16(18)17(12-19(21)22)13-6-2-1-3-7-13/h1-9,16-17H,10-12H2. The molecule has 4 heteroatoms. The molecular weight excluding hydrogens is 278 g/mol. The van der Waals surface area contributed by atoms with Crippen LogP contribution in [-0.2, 0) is 6.42 Å². The molecule has 0 bridgehead atoms. The van der Waals surface area contributed by atoms with Gasteiger partial charge in [-0.05, 0) is 24.0 Å². The van der Waals surface area contributed by atoms with Gasteiger partial charge in [0.15, 0.2) is 5.78 Å². The van der Waals surface area contributed by atoms with Gasteiger partial charge in [-0.25, -0.2) is 0 Å². The first-order valence-electron chi connectivity index (χ1n) is 7.45. The van der Waals surface area contributed by atoms with Gasteiger partial charge < -0.3 is 0 Å². The number of hydrogen-bond donors (Lipinski definition) is 0. The van der Waals surface area contributed by atoms with Crippen LogP contribution in [-0.4, -0.2) is 17.3 Å². The van der Waals surface area contributed by atoms with E-state index >= 15 is 0 Å². The van der Waals surface area contributed by atoms with Gasteiger partial charge in [-0.15, -0.1) is 0 Å². The molecule has 1 aliphatic carbocycles. The monoisotopic (exact) mass is 295 g/mol. The molecule has 22 heavy (non-hydrogen) atoms. The molecule has 0 aromatic heterocycles. The molecule has 0 N–H and O–H groups in total. The Labute approximate surface area is 128 Å². The lowest BCUT2D eigenvalue weighted by atomic mass is 9.73. The maximum Gasteiger partial charge on any atom is 0.211 e. The van der Waals surface area contributed by atoms with Crippen molar-refractivity contribution >= 4 is 5.78 Å². The van der Waals surface area contributed by atoms with Crippen LogP contribution in [0.25, 0.3) is 0 Å². The highest BCUT2D eigenvalue weighted by atomic mass is 16.6. The maximum absolute atomic E-state index is 12.8. The third-order valence-electron chi connectivity index (χ3n) is 4.40. The molecule has 0 aliphatic heterocycles. The van der Waals surface area contributed by atoms with Crippen molar-refractivity contribution in [3.8, 4) is 0 Å². The van der Waals surface area contributed by atoms with Crippen molar-refractivity contribution in [2.75, 3.05) is 6.54 Å². The number of nitrogens with zero attached hydrogens (tertiary/aromatic N) is 1. The van der Waals surface area contributed by atoms with E-state index < -0.39 is 0 Å². The van der Waals surface area contributed by atoms with Crippen molar-refractivity contribution in [3.63, 3.8) is 0 Å². The summed E-state index contributed by atoms with van der Waals surface area (Å²) >= 11 is 0. The fourth-order valence-corrected chi connectivity index (χ4v) is 3.33. The second-order valence-corrected chi connectivity index (χ2v) is 5.70. The van der Waals surface area contributed by atoms with Crippen LogP contribution in [0.5, 0.6) is 0 Å². The van der Waals surface area contributed by atoms with Gasteiger partial charge in [-0.1, -0.05) is 54.6 Å². The summed E-state index contributed by atoms with van der Waals surface area (Å²) in [5, 5.41) is 11.1. The summed E-state index contributed by atoms with van der Waals surface area (Å²) in [6, 6.07) is 16.9. The Kier molecular flexibility index (Phi) is 4.00. The molecule has 2 aromatic rings. The zero-order valence-corrected chi connectivity index (χ0v) is 12.1. The number of fused-ring (bicyclic) bond motifs is 1. The average Bonchev–Trinajstić information content (AvgIpc) is 2.54. The Bertz CT molecular complexity index is 696. The Balaban J connectivity index is 1.96. The average molecular weight is 295 g/mol. The van der Waals surface area contributed by atoms with Gasteiger partial charge in [0.1, 0.15) is 0 Å². The number of carbonyl (C=O) groups excluding carboxylic acids is 1. The molecule has 0 heterocycles. The molecule has 3 rings (SSSR count). The number of hydrogen-bond acceptors (Lipinski definition) is 3. The molecule has 112 valence electrons. The summed E-state index contributed by atoms with van der Waals surface area (Å²) in [5.74, 6) is -0.641. The first-order chi connectivity index (χ1) is 10.7. The molecule has 2 aromatic carbocycles. The van der Waals surface area contributed by atoms with E-state index in [2.05, 4.69) is 0 Å². The molecule has 2 atom stereocenters. The zero-order valence-electron chi connectivity index (χ0n) is 12.1. The first-order valence-corrected chi connectivity index (χ1v) is 7.45. The van der Waals surface area contributed by atoms with Crippen LogP contribution >= 0.6 is 0 Å². The van der Waals surface area contributed by atoms with Crippen molar-refractivity contribution in [2.24, 2.45) is 5.92 Å². The lowest BCUT2D eigenvalue weighted by Crippen LogP contribution is -2.31. The minimum absolute atomic E-state index is 0.0394. The summed E-state index contributed by atoms with van der Waals surface area (Å²) in [7, 11) is 0. The number of Topliss-reactive ketones (excluding diaryl/α,β-unsaturated/α-hetero) is 1. The van der Waals surface area contributed by atoms with E-state index in [1.807, 2.05) is 54.6 Å². The van der Waals surface area contributed by atoms with Crippen LogP contribution in [0, 0.1) is 16.0 Å². The highest BCUT2D eigenvalue weighted by Gasteiger charge is 2.36. The summed E-state index contributed by atoms with van der Waals surface area (Å²) in [4.78, 5) is 23.5. The molecular formula is C18H17NO3. The maximum atomic E-state index is 12.8. The number of rotatable bonds is 4. The van der Waals surface area contributed by atoms with Gasteiger partial charge in [-0.2, -0.15) is 0 Å². The SMILES string of the molecule is O=C1c2ccccc2CCC1C(C[N+](=O)[O-])c1ccccc1. The molecule has 0 saturated carbocycles. The third-order valence-corrected chi connectivity index (χ3v) is 4.40. The van der Waals surface area contributed by atoms with Crippen LogP contribution < -0.4 is 0 Å². The fraction of sp³-hybridized carbons (Fsp3) is 0.278. The normalized spacial score (nSPS) is 18.5. The minimum atomic E-state index is -0.364. The lowest BCUT2D eigenvalue weighted by Gasteiger charge is -2.28. The van der Waals surface area contributed by atoms with Crippen molar-refractivity contribution in [2.45, 2.75) is 18.8 Å². The van der Waals surface area contributed by atoms with Gasteiger partial charge in [0, 0.05) is 16.4 Å². The van der Waals surface area contributed by atoms with Gasteiger partial charge in [-0.3, -0.25) is 14.9 Å². The van der Waals surface area contributed by atoms with Crippen molar-refractivity contribution in [3.05, 3.63) is 81.4 Å². The smallest absolute Gasteiger partial charge is 0.211 e. The van der Waals surface area contributed by atoms with Crippen LogP contribution in [0.4, 0.5) is 0 Å². The van der Waals surface area contributed by atoms with E-state index in [9.17, 15) is 14.9 Å². The van der Waals surface area contributed by atoms with Crippen LogP contribution in [0.3, 0.4) is 0 Å². The molecule has 4 nitrogen and oxygen atoms in total. The predicted octanol–water partition coefficient (Wildman–Crippen LogP) is 3.49. The number of ketones is 1. The van der Waals surface area contributed by atoms with Crippen molar-refractivity contribution in [1.29, 1.82) is 0 Å². The number of carbonyl (C=O) groups is 1. The van der Waals surface area contributed by atoms with Crippen LogP contribution in [0.2, 0.25) is 0 Å². The van der Waals surface area contributed by atoms with Gasteiger partial charge in [0.25, 0.3) is 0 Å². The number of benzene rings is 2. The van der Waals surface area contributed by atoms with Crippen molar-refractivity contribution < 1.29 is 9.72 Å². The second-order valence-electron chi connectivity index (χ2n) is 5.70. The highest BCUT2D eigenvalue weighted by molar-refractivity contribution is 6.00. The Morgan fingerprint density at radius 1 is 1.09 bits per heavy atom. The summed E-state index contributed by atoms with van der Waals surface area (Å²) < 4.78 is 0. The van der Waals surface area contributed by atoms with Crippen LogP contribution in [0.1, 0.15) is 33.8 Å². The van der Waals surface area contributed by atoms with E-state index in [1.165, 1.54) is 0 Å². The van der Waals surface area contributed by atoms with E-state index in [-0.39, 0.29) is 29.1 Å². The minimum Gasteiger partial charge on any atom is -0.294 e. The molecule has 0 saturated heterocycles. The molecule has 0 radical (unpaired) electrons. The van der Waals surface area contributed by atoms with E-state index in [4.69, 9.17) is 0 Å². The summed E-state index contributed by atoms with van der Waals surface area (Å²) in [5.41, 5.74) is 2.65. The van der Waals surface area contributed by atoms with E-state index in [0.717, 1.165) is 23.1 Å². The Morgan fingerprint density at radius 3 is 2.50 bits per heavy atom. The fourth-order valence-electron chi connectivity index (χ4n) is 3.33. The number of nitro groups is 1. The lowest BCUT2D eigenvalue weighted by molar-refractivity contribution is -0.484. The molecule has 0 fully saturated rings. The summed E-state index contributed by atoms with van der Waals surface area (Å²) in [6.07, 6.45) is 1.47. The Morgan fingerprint density at radius 2 is 1.77 bits per heavy atom. The van der Waals surface area contributed by atoms with Gasteiger partial charge in [0.2, 0.25) is 6.54 Å².